The van der Waals surface area contributed by atoms with Crippen molar-refractivity contribution >= 4 is 23.8 Å². The number of hydrogen-bond donors (Lipinski definition) is 2. The van der Waals surface area contributed by atoms with Crippen molar-refractivity contribution < 1.29 is 9.47 Å². The first kappa shape index (κ1) is 16.6. The van der Waals surface area contributed by atoms with Crippen molar-refractivity contribution in [2.75, 3.05) is 12.5 Å². The lowest BCUT2D eigenvalue weighted by Gasteiger charge is -2.17. The van der Waals surface area contributed by atoms with Crippen LogP contribution in [-0.4, -0.2) is 28.1 Å². The second-order valence-electron chi connectivity index (χ2n) is 5.02. The van der Waals surface area contributed by atoms with Crippen LogP contribution < -0.4 is 14.9 Å². The van der Waals surface area contributed by atoms with Gasteiger partial charge in [-0.3, -0.25) is 5.10 Å². The number of nitrogens with one attached hydrogen (secondary N) is 2. The predicted molar refractivity (Wildman–Crippen MR) is 89.0 cm³/mol. The summed E-state index contributed by atoms with van der Waals surface area (Å²) in [5, 5.41) is 7.27. The summed E-state index contributed by atoms with van der Waals surface area (Å²) in [6.45, 7) is 6.25. The fourth-order valence-corrected chi connectivity index (χ4v) is 2.48. The topological polar surface area (TPSA) is 64.1 Å². The Balaban J connectivity index is 2.22. The number of nitrogens with zero attached hydrogens (tertiary/aromatic N) is 2. The van der Waals surface area contributed by atoms with E-state index in [4.69, 9.17) is 33.3 Å². The second kappa shape index (κ2) is 7.02. The molecule has 120 valence electrons. The van der Waals surface area contributed by atoms with Gasteiger partial charge in [-0.2, -0.15) is 5.10 Å². The summed E-state index contributed by atoms with van der Waals surface area (Å²) in [5.74, 6) is 1.91. The van der Waals surface area contributed by atoms with Crippen molar-refractivity contribution in [3.8, 4) is 11.5 Å². The van der Waals surface area contributed by atoms with Gasteiger partial charge in [0.15, 0.2) is 11.5 Å². The first-order chi connectivity index (χ1) is 10.4. The van der Waals surface area contributed by atoms with Gasteiger partial charge in [0.2, 0.25) is 4.77 Å². The van der Waals surface area contributed by atoms with Crippen molar-refractivity contribution in [2.45, 2.75) is 33.4 Å². The molecule has 2 N–H and O–H groups in total. The van der Waals surface area contributed by atoms with Gasteiger partial charge in [0.1, 0.15) is 5.82 Å². The van der Waals surface area contributed by atoms with Gasteiger partial charge in [0, 0.05) is 0 Å². The second-order valence-corrected chi connectivity index (χ2v) is 5.82. The number of halogens is 1. The highest BCUT2D eigenvalue weighted by atomic mass is 35.5. The number of hydrogen-bond acceptors (Lipinski definition) is 5. The van der Waals surface area contributed by atoms with E-state index in [0.717, 1.165) is 11.4 Å². The third-order valence-electron chi connectivity index (χ3n) is 2.92. The lowest BCUT2D eigenvalue weighted by atomic mass is 10.2. The minimum absolute atomic E-state index is 0.0160. The van der Waals surface area contributed by atoms with E-state index in [9.17, 15) is 0 Å². The number of aromatic amines is 1. The molecule has 0 bridgehead atoms. The summed E-state index contributed by atoms with van der Waals surface area (Å²) in [7, 11) is 1.59. The molecule has 0 fully saturated rings. The van der Waals surface area contributed by atoms with E-state index >= 15 is 0 Å². The largest absolute Gasteiger partial charge is 0.493 e. The maximum absolute atomic E-state index is 6.30. The highest BCUT2D eigenvalue weighted by molar-refractivity contribution is 7.71. The summed E-state index contributed by atoms with van der Waals surface area (Å²) in [6.07, 6.45) is 0.0160. The first-order valence-electron chi connectivity index (χ1n) is 6.83. The molecule has 0 aliphatic rings. The summed E-state index contributed by atoms with van der Waals surface area (Å²) in [5.41, 5.74) is 4.12. The van der Waals surface area contributed by atoms with Gasteiger partial charge in [0.05, 0.1) is 24.8 Å². The number of aromatic nitrogens is 3. The number of rotatable bonds is 6. The van der Waals surface area contributed by atoms with Crippen molar-refractivity contribution in [2.24, 2.45) is 0 Å². The molecular weight excluding hydrogens is 324 g/mol. The zero-order chi connectivity index (χ0) is 16.3. The maximum Gasteiger partial charge on any atom is 0.214 e. The zero-order valence-corrected chi connectivity index (χ0v) is 14.5. The molecule has 0 saturated heterocycles. The van der Waals surface area contributed by atoms with Crippen LogP contribution in [0.25, 0.3) is 0 Å². The van der Waals surface area contributed by atoms with Crippen LogP contribution >= 0.6 is 23.8 Å². The van der Waals surface area contributed by atoms with Gasteiger partial charge in [0.25, 0.3) is 0 Å². The van der Waals surface area contributed by atoms with Crippen LogP contribution in [0.2, 0.25) is 5.02 Å². The highest BCUT2D eigenvalue weighted by Crippen LogP contribution is 2.37. The molecule has 0 radical (unpaired) electrons. The Kier molecular flexibility index (Phi) is 5.31. The van der Waals surface area contributed by atoms with E-state index in [2.05, 4.69) is 15.6 Å². The average molecular weight is 343 g/mol. The minimum atomic E-state index is 0.0160. The summed E-state index contributed by atoms with van der Waals surface area (Å²) in [6, 6.07) is 3.73. The third kappa shape index (κ3) is 3.72. The molecule has 2 aromatic rings. The number of methoxy groups -OCH3 is 1. The average Bonchev–Trinajstić information content (AvgIpc) is 2.78. The van der Waals surface area contributed by atoms with E-state index in [1.807, 2.05) is 32.9 Å². The summed E-state index contributed by atoms with van der Waals surface area (Å²) < 4.78 is 13.3. The van der Waals surface area contributed by atoms with E-state index < -0.39 is 0 Å². The molecule has 8 heteroatoms. The molecule has 0 aliphatic carbocycles. The van der Waals surface area contributed by atoms with Gasteiger partial charge >= 0.3 is 0 Å². The lowest BCUT2D eigenvalue weighted by Crippen LogP contribution is -2.16. The van der Waals surface area contributed by atoms with Gasteiger partial charge in [-0.05, 0) is 50.7 Å². The van der Waals surface area contributed by atoms with Crippen molar-refractivity contribution in [3.63, 3.8) is 0 Å². The Morgan fingerprint density at radius 2 is 2.18 bits per heavy atom. The van der Waals surface area contributed by atoms with Crippen LogP contribution in [-0.2, 0) is 6.54 Å². The molecule has 0 amide bonds. The molecule has 0 saturated carbocycles. The molecule has 2 rings (SSSR count). The van der Waals surface area contributed by atoms with Crippen LogP contribution in [0.1, 0.15) is 25.2 Å². The quantitative estimate of drug-likeness (QED) is 0.787. The van der Waals surface area contributed by atoms with Crippen LogP contribution in [0.3, 0.4) is 0 Å². The maximum atomic E-state index is 6.30. The Morgan fingerprint density at radius 3 is 2.73 bits per heavy atom. The van der Waals surface area contributed by atoms with Crippen molar-refractivity contribution in [3.05, 3.63) is 33.3 Å². The number of aryl methyl sites for hydroxylation is 1. The number of ether oxygens (including phenoxy) is 2. The monoisotopic (exact) mass is 342 g/mol. The van der Waals surface area contributed by atoms with E-state index in [0.29, 0.717) is 27.8 Å². The van der Waals surface area contributed by atoms with E-state index in [1.165, 1.54) is 0 Å². The SMILES string of the molecule is COc1cc(CNn2c(C)n[nH]c2=S)cc(Cl)c1OC(C)C. The molecule has 0 unspecified atom stereocenters. The Hall–Kier alpha value is -1.73. The van der Waals surface area contributed by atoms with Crippen LogP contribution in [0.15, 0.2) is 12.1 Å². The number of H-pyrrole nitrogens is 1. The molecule has 1 heterocycles. The fourth-order valence-electron chi connectivity index (χ4n) is 1.96. The molecular formula is C14H19ClN4O2S. The van der Waals surface area contributed by atoms with Gasteiger partial charge in [-0.25, -0.2) is 4.68 Å². The van der Waals surface area contributed by atoms with E-state index in [1.54, 1.807) is 11.8 Å². The predicted octanol–water partition coefficient (Wildman–Crippen LogP) is 3.44. The molecule has 6 nitrogen and oxygen atoms in total. The molecule has 0 atom stereocenters. The first-order valence-corrected chi connectivity index (χ1v) is 7.62. The highest BCUT2D eigenvalue weighted by Gasteiger charge is 2.13. The Bertz CT molecular complexity index is 711. The molecule has 0 spiro atoms. The van der Waals surface area contributed by atoms with Crippen LogP contribution in [0, 0.1) is 11.7 Å². The number of benzene rings is 1. The molecule has 1 aromatic carbocycles. The van der Waals surface area contributed by atoms with Crippen LogP contribution in [0.5, 0.6) is 11.5 Å². The normalized spacial score (nSPS) is 10.8. The smallest absolute Gasteiger partial charge is 0.214 e. The molecule has 1 aromatic heterocycles. The van der Waals surface area contributed by atoms with Gasteiger partial charge < -0.3 is 14.9 Å². The fraction of sp³-hybridized carbons (Fsp3) is 0.429. The van der Waals surface area contributed by atoms with Crippen LogP contribution in [0.4, 0.5) is 0 Å². The summed E-state index contributed by atoms with van der Waals surface area (Å²) in [4.78, 5) is 0. The van der Waals surface area contributed by atoms with Gasteiger partial charge in [-0.1, -0.05) is 11.6 Å². The molecule has 0 aliphatic heterocycles. The Labute approximate surface area is 139 Å². The minimum Gasteiger partial charge on any atom is -0.493 e. The lowest BCUT2D eigenvalue weighted by molar-refractivity contribution is 0.230. The standard InChI is InChI=1S/C14H19ClN4O2S/c1-8(2)21-13-11(15)5-10(6-12(13)20-4)7-16-19-9(3)17-18-14(19)22/h5-6,8,16H,7H2,1-4H3,(H,18,22). The van der Waals surface area contributed by atoms with Crippen molar-refractivity contribution in [1.29, 1.82) is 0 Å². The molecule has 22 heavy (non-hydrogen) atoms. The summed E-state index contributed by atoms with van der Waals surface area (Å²) >= 11 is 11.4. The Morgan fingerprint density at radius 1 is 1.45 bits per heavy atom. The zero-order valence-electron chi connectivity index (χ0n) is 12.9. The van der Waals surface area contributed by atoms with Crippen molar-refractivity contribution in [1.82, 2.24) is 14.9 Å². The van der Waals surface area contributed by atoms with E-state index in [-0.39, 0.29) is 6.10 Å². The van der Waals surface area contributed by atoms with Gasteiger partial charge in [-0.15, -0.1) is 0 Å². The third-order valence-corrected chi connectivity index (χ3v) is 3.48.